The Hall–Kier alpha value is -0.300. The summed E-state index contributed by atoms with van der Waals surface area (Å²) in [6, 6.07) is 10.5. The maximum absolute atomic E-state index is 12.2. The number of hydrogen-bond acceptors (Lipinski definition) is 1. The van der Waals surface area contributed by atoms with E-state index in [4.69, 9.17) is 23.2 Å². The average Bonchev–Trinajstić information content (AvgIpc) is 2.35. The fourth-order valence-corrected chi connectivity index (χ4v) is 2.83. The molecule has 2 aromatic rings. The highest BCUT2D eigenvalue weighted by Crippen LogP contribution is 2.27. The summed E-state index contributed by atoms with van der Waals surface area (Å²) in [5, 5.41) is 3.69. The van der Waals surface area contributed by atoms with Crippen molar-refractivity contribution in [3.63, 3.8) is 0 Å². The van der Waals surface area contributed by atoms with E-state index in [2.05, 4.69) is 43.8 Å². The Labute approximate surface area is 142 Å². The first-order valence-electron chi connectivity index (χ1n) is 5.19. The fraction of sp³-hybridized carbons (Fsp3) is 0. The smallest absolute Gasteiger partial charge is 0.256 e. The highest BCUT2D eigenvalue weighted by molar-refractivity contribution is 14.1. The zero-order valence-corrected chi connectivity index (χ0v) is 14.6. The second-order valence-corrected chi connectivity index (χ2v) is 6.65. The van der Waals surface area contributed by atoms with Gasteiger partial charge in [-0.3, -0.25) is 4.79 Å². The summed E-state index contributed by atoms with van der Waals surface area (Å²) in [6.45, 7) is 0. The van der Waals surface area contributed by atoms with Crippen LogP contribution in [0.4, 0.5) is 5.69 Å². The number of nitrogens with one attached hydrogen (secondary N) is 1. The monoisotopic (exact) mass is 469 g/mol. The van der Waals surface area contributed by atoms with Crippen LogP contribution in [-0.4, -0.2) is 5.91 Å². The highest BCUT2D eigenvalue weighted by Gasteiger charge is 2.12. The lowest BCUT2D eigenvalue weighted by molar-refractivity contribution is 0.102. The number of benzene rings is 2. The van der Waals surface area contributed by atoms with E-state index < -0.39 is 0 Å². The lowest BCUT2D eigenvalue weighted by Gasteiger charge is -2.09. The minimum atomic E-state index is -0.227. The van der Waals surface area contributed by atoms with Crippen LogP contribution in [0.25, 0.3) is 0 Å². The minimum absolute atomic E-state index is 0.227. The Morgan fingerprint density at radius 2 is 1.89 bits per heavy atom. The lowest BCUT2D eigenvalue weighted by Crippen LogP contribution is -2.13. The average molecular weight is 471 g/mol. The molecule has 2 aromatic carbocycles. The number of carbonyl (C=O) groups is 1. The Morgan fingerprint density at radius 3 is 2.58 bits per heavy atom. The molecule has 19 heavy (non-hydrogen) atoms. The quantitative estimate of drug-likeness (QED) is 0.568. The third-order valence-corrected chi connectivity index (χ3v) is 4.26. The van der Waals surface area contributed by atoms with E-state index >= 15 is 0 Å². The van der Waals surface area contributed by atoms with Gasteiger partial charge in [-0.15, -0.1) is 0 Å². The molecular formula is C13H7BrCl2INO. The molecule has 0 aliphatic carbocycles. The number of carbonyl (C=O) groups excluding carboxylic acids is 1. The maximum Gasteiger partial charge on any atom is 0.256 e. The van der Waals surface area contributed by atoms with Gasteiger partial charge in [-0.1, -0.05) is 23.2 Å². The molecule has 6 heteroatoms. The molecule has 0 fully saturated rings. The van der Waals surface area contributed by atoms with Crippen LogP contribution in [0.5, 0.6) is 0 Å². The van der Waals surface area contributed by atoms with Crippen LogP contribution in [0.1, 0.15) is 10.4 Å². The van der Waals surface area contributed by atoms with Crippen molar-refractivity contribution in [2.75, 3.05) is 5.32 Å². The molecule has 98 valence electrons. The van der Waals surface area contributed by atoms with Gasteiger partial charge < -0.3 is 5.32 Å². The van der Waals surface area contributed by atoms with Gasteiger partial charge in [-0.05, 0) is 74.9 Å². The molecular weight excluding hydrogens is 464 g/mol. The van der Waals surface area contributed by atoms with Gasteiger partial charge in [-0.25, -0.2) is 0 Å². The lowest BCUT2D eigenvalue weighted by atomic mass is 10.2. The van der Waals surface area contributed by atoms with Crippen molar-refractivity contribution in [3.8, 4) is 0 Å². The number of anilines is 1. The largest absolute Gasteiger partial charge is 0.321 e. The summed E-state index contributed by atoms with van der Waals surface area (Å²) in [6.07, 6.45) is 0. The van der Waals surface area contributed by atoms with Gasteiger partial charge in [0.2, 0.25) is 0 Å². The number of rotatable bonds is 2. The molecule has 0 aliphatic rings. The highest BCUT2D eigenvalue weighted by atomic mass is 127. The van der Waals surface area contributed by atoms with E-state index in [1.807, 2.05) is 12.1 Å². The van der Waals surface area contributed by atoms with Crippen LogP contribution in [0, 0.1) is 3.57 Å². The van der Waals surface area contributed by atoms with Crippen LogP contribution in [0.3, 0.4) is 0 Å². The molecule has 0 unspecified atom stereocenters. The van der Waals surface area contributed by atoms with Crippen LogP contribution in [0.15, 0.2) is 40.9 Å². The molecule has 1 N–H and O–H groups in total. The summed E-state index contributed by atoms with van der Waals surface area (Å²) >= 11 is 17.3. The van der Waals surface area contributed by atoms with E-state index in [1.165, 1.54) is 0 Å². The third-order valence-electron chi connectivity index (χ3n) is 2.35. The van der Waals surface area contributed by atoms with E-state index in [1.54, 1.807) is 24.3 Å². The topological polar surface area (TPSA) is 29.1 Å². The minimum Gasteiger partial charge on any atom is -0.321 e. The van der Waals surface area contributed by atoms with E-state index in [9.17, 15) is 4.79 Å². The summed E-state index contributed by atoms with van der Waals surface area (Å²) in [7, 11) is 0. The number of hydrogen-bond donors (Lipinski definition) is 1. The van der Waals surface area contributed by atoms with Gasteiger partial charge in [0, 0.05) is 13.1 Å². The Kier molecular flexibility index (Phi) is 5.11. The van der Waals surface area contributed by atoms with Crippen LogP contribution < -0.4 is 5.32 Å². The Balaban J connectivity index is 2.28. The van der Waals surface area contributed by atoms with E-state index in [0.29, 0.717) is 21.3 Å². The molecule has 0 saturated heterocycles. The van der Waals surface area contributed by atoms with Gasteiger partial charge in [0.25, 0.3) is 5.91 Å². The first kappa shape index (κ1) is 15.1. The molecule has 0 radical (unpaired) electrons. The zero-order valence-electron chi connectivity index (χ0n) is 9.38. The summed E-state index contributed by atoms with van der Waals surface area (Å²) in [4.78, 5) is 12.2. The van der Waals surface area contributed by atoms with Crippen molar-refractivity contribution in [1.82, 2.24) is 0 Å². The predicted octanol–water partition coefficient (Wildman–Crippen LogP) is 5.61. The van der Waals surface area contributed by atoms with Crippen LogP contribution in [-0.2, 0) is 0 Å². The SMILES string of the molecule is O=C(Nc1ccc(Cl)cc1Cl)c1cc(I)ccc1Br. The second-order valence-electron chi connectivity index (χ2n) is 3.70. The molecule has 1 amide bonds. The van der Waals surface area contributed by atoms with Gasteiger partial charge in [0.1, 0.15) is 0 Å². The third kappa shape index (κ3) is 3.84. The molecule has 2 rings (SSSR count). The summed E-state index contributed by atoms with van der Waals surface area (Å²) in [5.41, 5.74) is 1.08. The number of halogens is 4. The Morgan fingerprint density at radius 1 is 1.16 bits per heavy atom. The van der Waals surface area contributed by atoms with Gasteiger partial charge in [-0.2, -0.15) is 0 Å². The van der Waals surface area contributed by atoms with Crippen molar-refractivity contribution < 1.29 is 4.79 Å². The van der Waals surface area contributed by atoms with Crippen molar-refractivity contribution in [2.24, 2.45) is 0 Å². The first-order chi connectivity index (χ1) is 8.97. The van der Waals surface area contributed by atoms with Crippen LogP contribution >= 0.6 is 61.7 Å². The van der Waals surface area contributed by atoms with Crippen molar-refractivity contribution in [2.45, 2.75) is 0 Å². The molecule has 0 spiro atoms. The molecule has 0 heterocycles. The molecule has 0 atom stereocenters. The normalized spacial score (nSPS) is 10.3. The standard InChI is InChI=1S/C13H7BrCl2INO/c14-10-3-2-8(17)6-9(10)13(19)18-12-4-1-7(15)5-11(12)16/h1-6H,(H,18,19). The summed E-state index contributed by atoms with van der Waals surface area (Å²) < 4.78 is 1.71. The van der Waals surface area contributed by atoms with Crippen molar-refractivity contribution in [1.29, 1.82) is 0 Å². The molecule has 0 bridgehead atoms. The fourth-order valence-electron chi connectivity index (χ4n) is 1.45. The van der Waals surface area contributed by atoms with Crippen molar-refractivity contribution in [3.05, 3.63) is 60.0 Å². The first-order valence-corrected chi connectivity index (χ1v) is 7.81. The zero-order chi connectivity index (χ0) is 14.0. The van der Waals surface area contributed by atoms with Crippen LogP contribution in [0.2, 0.25) is 10.0 Å². The van der Waals surface area contributed by atoms with Crippen molar-refractivity contribution >= 4 is 73.3 Å². The van der Waals surface area contributed by atoms with Gasteiger partial charge >= 0.3 is 0 Å². The molecule has 2 nitrogen and oxygen atoms in total. The summed E-state index contributed by atoms with van der Waals surface area (Å²) in [5.74, 6) is -0.227. The molecule has 0 saturated carbocycles. The second kappa shape index (κ2) is 6.43. The predicted molar refractivity (Wildman–Crippen MR) is 91.3 cm³/mol. The van der Waals surface area contributed by atoms with E-state index in [-0.39, 0.29) is 5.91 Å². The Bertz CT molecular complexity index is 649. The maximum atomic E-state index is 12.2. The molecule has 0 aliphatic heterocycles. The molecule has 0 aromatic heterocycles. The van der Waals surface area contributed by atoms with Gasteiger partial charge in [0.05, 0.1) is 16.3 Å². The number of amides is 1. The van der Waals surface area contributed by atoms with Gasteiger partial charge in [0.15, 0.2) is 0 Å². The van der Waals surface area contributed by atoms with E-state index in [0.717, 1.165) is 8.04 Å².